The van der Waals surface area contributed by atoms with E-state index in [2.05, 4.69) is 10.4 Å². The average Bonchev–Trinajstić information content (AvgIpc) is 2.61. The predicted molar refractivity (Wildman–Crippen MR) is 77.5 cm³/mol. The zero-order valence-corrected chi connectivity index (χ0v) is 12.6. The first kappa shape index (κ1) is 16.7. The van der Waals surface area contributed by atoms with Crippen LogP contribution in [0.4, 0.5) is 0 Å². The molecule has 1 rings (SSSR count). The summed E-state index contributed by atoms with van der Waals surface area (Å²) in [6.07, 6.45) is 2.91. The minimum Gasteiger partial charge on any atom is -0.391 e. The van der Waals surface area contributed by atoms with Gasteiger partial charge in [-0.3, -0.25) is 9.48 Å². The van der Waals surface area contributed by atoms with Crippen molar-refractivity contribution >= 4 is 23.6 Å². The third kappa shape index (κ3) is 4.96. The van der Waals surface area contributed by atoms with Crippen molar-refractivity contribution in [3.8, 4) is 0 Å². The average molecular weight is 302 g/mol. The number of hydrogen-bond donors (Lipinski definition) is 2. The van der Waals surface area contributed by atoms with Crippen LogP contribution < -0.4 is 5.32 Å². The fourth-order valence-corrected chi connectivity index (χ4v) is 1.93. The Kier molecular flexibility index (Phi) is 6.70. The molecule has 2 N–H and O–H groups in total. The second kappa shape index (κ2) is 8.04. The predicted octanol–water partition coefficient (Wildman–Crippen LogP) is 0.909. The number of ether oxygens (including phenoxy) is 1. The van der Waals surface area contributed by atoms with E-state index in [4.69, 9.17) is 16.3 Å². The number of amides is 1. The summed E-state index contributed by atoms with van der Waals surface area (Å²) < 4.78 is 6.35. The molecule has 20 heavy (non-hydrogen) atoms. The van der Waals surface area contributed by atoms with Crippen LogP contribution in [0, 0.1) is 6.92 Å². The highest BCUT2D eigenvalue weighted by atomic mass is 35.5. The third-order valence-electron chi connectivity index (χ3n) is 2.73. The molecule has 1 aromatic rings. The van der Waals surface area contributed by atoms with Crippen LogP contribution in [-0.4, -0.2) is 47.2 Å². The van der Waals surface area contributed by atoms with E-state index in [0.717, 1.165) is 11.3 Å². The van der Waals surface area contributed by atoms with Crippen molar-refractivity contribution in [1.29, 1.82) is 0 Å². The van der Waals surface area contributed by atoms with Crippen molar-refractivity contribution in [2.45, 2.75) is 19.4 Å². The van der Waals surface area contributed by atoms with Gasteiger partial charge in [0.15, 0.2) is 0 Å². The van der Waals surface area contributed by atoms with Gasteiger partial charge in [-0.1, -0.05) is 11.6 Å². The van der Waals surface area contributed by atoms with Gasteiger partial charge in [0.05, 0.1) is 18.4 Å². The molecule has 0 spiro atoms. The standard InChI is InChI=1S/C13H20ClN3O3/c1-9-11(13(14)17(2)16-9)4-5-12(19)15-7-6-10(18)8-20-3/h4-5,10,18H,6-8H2,1-3H3,(H,15,19)/b5-4+. The summed E-state index contributed by atoms with van der Waals surface area (Å²) in [5, 5.41) is 16.7. The summed E-state index contributed by atoms with van der Waals surface area (Å²) in [7, 11) is 3.26. The van der Waals surface area contributed by atoms with Crippen molar-refractivity contribution < 1.29 is 14.6 Å². The van der Waals surface area contributed by atoms with Crippen LogP contribution >= 0.6 is 11.6 Å². The number of aliphatic hydroxyl groups is 1. The number of halogens is 1. The molecule has 7 heteroatoms. The lowest BCUT2D eigenvalue weighted by atomic mass is 10.2. The molecule has 1 amide bonds. The first-order valence-electron chi connectivity index (χ1n) is 6.27. The van der Waals surface area contributed by atoms with Crippen LogP contribution in [0.2, 0.25) is 5.15 Å². The Morgan fingerprint density at radius 1 is 1.65 bits per heavy atom. The van der Waals surface area contributed by atoms with Crippen molar-refractivity contribution in [2.75, 3.05) is 20.3 Å². The van der Waals surface area contributed by atoms with Gasteiger partial charge in [-0.2, -0.15) is 5.10 Å². The second-order valence-corrected chi connectivity index (χ2v) is 4.79. The van der Waals surface area contributed by atoms with Crippen LogP contribution in [0.1, 0.15) is 17.7 Å². The largest absolute Gasteiger partial charge is 0.391 e. The summed E-state index contributed by atoms with van der Waals surface area (Å²) >= 11 is 6.05. The molecule has 6 nitrogen and oxygen atoms in total. The molecule has 1 unspecified atom stereocenters. The molecule has 0 fully saturated rings. The maximum atomic E-state index is 11.6. The Bertz CT molecular complexity index is 485. The Balaban J connectivity index is 2.44. The van der Waals surface area contributed by atoms with Gasteiger partial charge in [-0.15, -0.1) is 0 Å². The highest BCUT2D eigenvalue weighted by Gasteiger charge is 2.08. The fraction of sp³-hybridized carbons (Fsp3) is 0.538. The second-order valence-electron chi connectivity index (χ2n) is 4.44. The molecule has 0 radical (unpaired) electrons. The highest BCUT2D eigenvalue weighted by Crippen LogP contribution is 2.19. The maximum absolute atomic E-state index is 11.6. The molecule has 0 saturated heterocycles. The molecule has 0 bridgehead atoms. The van der Waals surface area contributed by atoms with Gasteiger partial charge < -0.3 is 15.2 Å². The van der Waals surface area contributed by atoms with E-state index >= 15 is 0 Å². The number of aliphatic hydroxyl groups excluding tert-OH is 1. The summed E-state index contributed by atoms with van der Waals surface area (Å²) in [6, 6.07) is 0. The number of nitrogens with zero attached hydrogens (tertiary/aromatic N) is 2. The summed E-state index contributed by atoms with van der Waals surface area (Å²) in [4.78, 5) is 11.6. The Labute approximate surface area is 123 Å². The highest BCUT2D eigenvalue weighted by molar-refractivity contribution is 6.31. The molecular formula is C13H20ClN3O3. The topological polar surface area (TPSA) is 76.4 Å². The van der Waals surface area contributed by atoms with Gasteiger partial charge in [0.2, 0.25) is 5.91 Å². The third-order valence-corrected chi connectivity index (χ3v) is 3.18. The molecule has 112 valence electrons. The molecule has 0 saturated carbocycles. The number of methoxy groups -OCH3 is 1. The van der Waals surface area contributed by atoms with E-state index in [-0.39, 0.29) is 12.5 Å². The Morgan fingerprint density at radius 2 is 2.35 bits per heavy atom. The zero-order chi connectivity index (χ0) is 15.1. The summed E-state index contributed by atoms with van der Waals surface area (Å²) in [5.41, 5.74) is 1.49. The van der Waals surface area contributed by atoms with E-state index in [1.165, 1.54) is 13.2 Å². The molecule has 1 heterocycles. The van der Waals surface area contributed by atoms with Gasteiger partial charge in [0.1, 0.15) is 5.15 Å². The Morgan fingerprint density at radius 3 is 2.90 bits per heavy atom. The van der Waals surface area contributed by atoms with Crippen molar-refractivity contribution in [3.05, 3.63) is 22.5 Å². The van der Waals surface area contributed by atoms with E-state index in [9.17, 15) is 9.90 Å². The minimum atomic E-state index is -0.570. The number of hydrogen-bond acceptors (Lipinski definition) is 4. The molecule has 1 atom stereocenters. The van der Waals surface area contributed by atoms with Gasteiger partial charge >= 0.3 is 0 Å². The molecule has 1 aromatic heterocycles. The van der Waals surface area contributed by atoms with Crippen molar-refractivity contribution in [1.82, 2.24) is 15.1 Å². The molecule has 0 aliphatic heterocycles. The number of aromatic nitrogens is 2. The first-order valence-corrected chi connectivity index (χ1v) is 6.65. The lowest BCUT2D eigenvalue weighted by molar-refractivity contribution is -0.116. The van der Waals surface area contributed by atoms with E-state index in [0.29, 0.717) is 18.1 Å². The zero-order valence-electron chi connectivity index (χ0n) is 11.9. The van der Waals surface area contributed by atoms with Crippen LogP contribution in [0.15, 0.2) is 6.08 Å². The molecule has 0 aliphatic carbocycles. The lowest BCUT2D eigenvalue weighted by Gasteiger charge is -2.08. The fourth-order valence-electron chi connectivity index (χ4n) is 1.69. The van der Waals surface area contributed by atoms with Crippen LogP contribution in [0.25, 0.3) is 6.08 Å². The van der Waals surface area contributed by atoms with Crippen LogP contribution in [-0.2, 0) is 16.6 Å². The smallest absolute Gasteiger partial charge is 0.244 e. The minimum absolute atomic E-state index is 0.242. The number of rotatable bonds is 7. The number of aryl methyl sites for hydroxylation is 2. The van der Waals surface area contributed by atoms with E-state index < -0.39 is 6.10 Å². The summed E-state index contributed by atoms with van der Waals surface area (Å²) in [5.74, 6) is -0.242. The number of carbonyl (C=O) groups excluding carboxylic acids is 1. The first-order chi connectivity index (χ1) is 9.45. The summed E-state index contributed by atoms with van der Waals surface area (Å²) in [6.45, 7) is 2.47. The lowest BCUT2D eigenvalue weighted by Crippen LogP contribution is -2.27. The number of carbonyl (C=O) groups is 1. The SMILES string of the molecule is COCC(O)CCNC(=O)/C=C/c1c(C)nn(C)c1Cl. The monoisotopic (exact) mass is 301 g/mol. The molecule has 0 aliphatic rings. The normalized spacial score (nSPS) is 12.8. The van der Waals surface area contributed by atoms with Gasteiger partial charge in [0.25, 0.3) is 0 Å². The van der Waals surface area contributed by atoms with Crippen LogP contribution in [0.5, 0.6) is 0 Å². The number of nitrogens with one attached hydrogen (secondary N) is 1. The quantitative estimate of drug-likeness (QED) is 0.734. The molecule has 0 aromatic carbocycles. The van der Waals surface area contributed by atoms with Gasteiger partial charge in [-0.25, -0.2) is 0 Å². The molecular weight excluding hydrogens is 282 g/mol. The van der Waals surface area contributed by atoms with Crippen molar-refractivity contribution in [2.24, 2.45) is 7.05 Å². The van der Waals surface area contributed by atoms with Crippen LogP contribution in [0.3, 0.4) is 0 Å². The van der Waals surface area contributed by atoms with E-state index in [1.54, 1.807) is 17.8 Å². The maximum Gasteiger partial charge on any atom is 0.244 e. The van der Waals surface area contributed by atoms with Crippen molar-refractivity contribution in [3.63, 3.8) is 0 Å². The van der Waals surface area contributed by atoms with Gasteiger partial charge in [-0.05, 0) is 19.4 Å². The van der Waals surface area contributed by atoms with E-state index in [1.807, 2.05) is 6.92 Å². The van der Waals surface area contributed by atoms with Gasteiger partial charge in [0, 0.05) is 32.3 Å². The Hall–Kier alpha value is -1.37.